The Morgan fingerprint density at radius 2 is 1.86 bits per heavy atom. The maximum atomic E-state index is 13.0. The number of aromatic nitrogens is 3. The average molecular weight is 530 g/mol. The summed E-state index contributed by atoms with van der Waals surface area (Å²) >= 11 is 7.13. The fourth-order valence-corrected chi connectivity index (χ4v) is 4.23. The van der Waals surface area contributed by atoms with Crippen LogP contribution in [0.1, 0.15) is 32.4 Å². The van der Waals surface area contributed by atoms with E-state index in [0.29, 0.717) is 31.9 Å². The van der Waals surface area contributed by atoms with Crippen LogP contribution in [0.25, 0.3) is 5.82 Å². The molecule has 4 aromatic rings. The summed E-state index contributed by atoms with van der Waals surface area (Å²) in [6.45, 7) is 0. The second kappa shape index (κ2) is 9.21. The molecule has 1 unspecified atom stereocenters. The first kappa shape index (κ1) is 23.7. The van der Waals surface area contributed by atoms with Crippen molar-refractivity contribution in [1.82, 2.24) is 20.1 Å². The number of rotatable bonds is 4. The van der Waals surface area contributed by atoms with E-state index >= 15 is 0 Å². The van der Waals surface area contributed by atoms with Crippen LogP contribution in [0.3, 0.4) is 0 Å². The minimum Gasteiger partial charge on any atom is -0.391 e. The molecular weight excluding hydrogens is 515 g/mol. The molecule has 1 aromatic carbocycles. The van der Waals surface area contributed by atoms with E-state index in [1.165, 1.54) is 23.2 Å². The maximum absolute atomic E-state index is 13.0. The van der Waals surface area contributed by atoms with E-state index in [1.807, 2.05) is 0 Å². The van der Waals surface area contributed by atoms with Crippen LogP contribution in [0.15, 0.2) is 70.9 Å². The maximum Gasteiger partial charge on any atom is 0.417 e. The first-order chi connectivity index (χ1) is 17.2. The highest BCUT2D eigenvalue weighted by Crippen LogP contribution is 2.33. The number of carbonyl (C=O) groups excluding carboxylic acids is 1. The molecule has 0 saturated heterocycles. The summed E-state index contributed by atoms with van der Waals surface area (Å²) in [5.74, 6) is 0.273. The van der Waals surface area contributed by atoms with Crippen LogP contribution in [-0.4, -0.2) is 32.7 Å². The predicted molar refractivity (Wildman–Crippen MR) is 131 cm³/mol. The van der Waals surface area contributed by atoms with Crippen molar-refractivity contribution in [3.63, 3.8) is 0 Å². The third-order valence-corrected chi connectivity index (χ3v) is 6.36. The molecule has 1 aliphatic rings. The quantitative estimate of drug-likeness (QED) is 0.378. The molecule has 3 aromatic heterocycles. The molecule has 5 rings (SSSR count). The number of nitrogens with two attached hydrogens (primary N) is 1. The molecule has 0 radical (unpaired) electrons. The molecule has 0 fully saturated rings. The Morgan fingerprint density at radius 3 is 2.50 bits per heavy atom. The monoisotopic (exact) mass is 529 g/mol. The first-order valence-corrected chi connectivity index (χ1v) is 11.5. The Balaban J connectivity index is 1.58. The van der Waals surface area contributed by atoms with Gasteiger partial charge < -0.3 is 11.1 Å². The van der Waals surface area contributed by atoms with Gasteiger partial charge in [-0.25, -0.2) is 15.0 Å². The molecule has 36 heavy (non-hydrogen) atoms. The number of carbonyl (C=O) groups is 1. The molecule has 0 bridgehead atoms. The number of nitrogens with zero attached hydrogens (tertiary/aromatic N) is 5. The second-order valence-electron chi connectivity index (χ2n) is 7.61. The second-order valence-corrected chi connectivity index (χ2v) is 9.16. The lowest BCUT2D eigenvalue weighted by Crippen LogP contribution is -2.28. The Bertz CT molecular complexity index is 1490. The number of pyridine rings is 1. The number of hydrogen-bond acceptors (Lipinski definition) is 7. The lowest BCUT2D eigenvalue weighted by Gasteiger charge is -2.12. The van der Waals surface area contributed by atoms with Gasteiger partial charge >= 0.3 is 6.18 Å². The summed E-state index contributed by atoms with van der Waals surface area (Å²) in [7, 11) is 0. The number of anilines is 1. The molecule has 8 nitrogen and oxygen atoms in total. The zero-order valence-corrected chi connectivity index (χ0v) is 19.6. The predicted octanol–water partition coefficient (Wildman–Crippen LogP) is 5.22. The van der Waals surface area contributed by atoms with Crippen molar-refractivity contribution in [2.24, 2.45) is 9.98 Å². The summed E-state index contributed by atoms with van der Waals surface area (Å²) in [6, 6.07) is 11.4. The van der Waals surface area contributed by atoms with Crippen LogP contribution in [-0.2, 0) is 6.18 Å². The van der Waals surface area contributed by atoms with Gasteiger partial charge in [0.15, 0.2) is 17.5 Å². The number of amides is 1. The third kappa shape index (κ3) is 4.72. The number of alkyl halides is 3. The zero-order chi connectivity index (χ0) is 25.4. The first-order valence-electron chi connectivity index (χ1n) is 10.4. The minimum absolute atomic E-state index is 0.112. The largest absolute Gasteiger partial charge is 0.417 e. The van der Waals surface area contributed by atoms with E-state index < -0.39 is 17.8 Å². The van der Waals surface area contributed by atoms with Crippen molar-refractivity contribution in [2.45, 2.75) is 12.2 Å². The topological polar surface area (TPSA) is 111 Å². The van der Waals surface area contributed by atoms with Crippen molar-refractivity contribution in [3.8, 4) is 5.82 Å². The SMILES string of the molecule is Nc1ccc(C(=O)NC2C=NC(c3ccc(Cl)cc3)=Nc3c2cnn3-c2ccc(C(F)(F)F)cn2)s1. The lowest BCUT2D eigenvalue weighted by atomic mass is 10.1. The fourth-order valence-electron chi connectivity index (χ4n) is 3.43. The van der Waals surface area contributed by atoms with Gasteiger partial charge in [0.05, 0.1) is 27.7 Å². The van der Waals surface area contributed by atoms with E-state index in [0.717, 1.165) is 23.6 Å². The van der Waals surface area contributed by atoms with Crippen LogP contribution in [0.4, 0.5) is 24.0 Å². The van der Waals surface area contributed by atoms with E-state index in [-0.39, 0.29) is 17.5 Å². The van der Waals surface area contributed by atoms with Crippen molar-refractivity contribution in [3.05, 3.63) is 87.5 Å². The number of hydrogen-bond donors (Lipinski definition) is 2. The molecule has 182 valence electrons. The Kier molecular flexibility index (Phi) is 6.06. The summed E-state index contributed by atoms with van der Waals surface area (Å²) in [6.07, 6.45) is -0.829. The summed E-state index contributed by atoms with van der Waals surface area (Å²) in [5, 5.41) is 8.18. The summed E-state index contributed by atoms with van der Waals surface area (Å²) < 4.78 is 40.3. The van der Waals surface area contributed by atoms with E-state index in [9.17, 15) is 18.0 Å². The van der Waals surface area contributed by atoms with Gasteiger partial charge in [0.25, 0.3) is 5.91 Å². The molecule has 1 amide bonds. The molecule has 3 N–H and O–H groups in total. The highest BCUT2D eigenvalue weighted by Gasteiger charge is 2.31. The van der Waals surface area contributed by atoms with Gasteiger partial charge in [-0.15, -0.1) is 11.3 Å². The van der Waals surface area contributed by atoms with Crippen molar-refractivity contribution < 1.29 is 18.0 Å². The van der Waals surface area contributed by atoms with Crippen molar-refractivity contribution in [1.29, 1.82) is 0 Å². The Hall–Kier alpha value is -4.03. The average Bonchev–Trinajstić information content (AvgIpc) is 3.43. The number of thiophene rings is 1. The zero-order valence-electron chi connectivity index (χ0n) is 18.1. The fraction of sp³-hybridized carbons (Fsp3) is 0.0870. The molecular formula is C23H15ClF3N7OS. The van der Waals surface area contributed by atoms with Gasteiger partial charge in [-0.3, -0.25) is 4.79 Å². The normalized spacial score (nSPS) is 15.2. The minimum atomic E-state index is -4.53. The molecule has 0 aliphatic carbocycles. The number of fused-ring (bicyclic) bond motifs is 1. The molecule has 1 atom stereocenters. The number of benzene rings is 1. The van der Waals surface area contributed by atoms with Crippen LogP contribution in [0, 0.1) is 0 Å². The van der Waals surface area contributed by atoms with Gasteiger partial charge in [-0.1, -0.05) is 11.6 Å². The van der Waals surface area contributed by atoms with E-state index in [1.54, 1.807) is 36.4 Å². The Labute approximate surface area is 211 Å². The molecule has 13 heteroatoms. The van der Waals surface area contributed by atoms with Crippen molar-refractivity contribution in [2.75, 3.05) is 5.73 Å². The van der Waals surface area contributed by atoms with Crippen molar-refractivity contribution >= 4 is 51.7 Å². The summed E-state index contributed by atoms with van der Waals surface area (Å²) in [4.78, 5) is 26.2. The van der Waals surface area contributed by atoms with Crippen LogP contribution >= 0.6 is 22.9 Å². The van der Waals surface area contributed by atoms with Gasteiger partial charge in [0.1, 0.15) is 0 Å². The smallest absolute Gasteiger partial charge is 0.391 e. The van der Waals surface area contributed by atoms with Crippen LogP contribution in [0.5, 0.6) is 0 Å². The van der Waals surface area contributed by atoms with E-state index in [2.05, 4.69) is 25.4 Å². The lowest BCUT2D eigenvalue weighted by molar-refractivity contribution is -0.137. The molecule has 4 heterocycles. The highest BCUT2D eigenvalue weighted by molar-refractivity contribution is 7.17. The standard InChI is InChI=1S/C23H15ClF3N7OS/c24-14-4-1-12(2-5-14)20-30-11-16(32-22(35)17-6-7-18(28)36-17)15-10-31-34(21(15)33-20)19-8-3-13(9-29-19)23(25,26)27/h1-11,16H,28H2,(H,32,35). The van der Waals surface area contributed by atoms with Gasteiger partial charge in [0.2, 0.25) is 0 Å². The molecule has 1 aliphatic heterocycles. The number of halogens is 4. The van der Waals surface area contributed by atoms with Gasteiger partial charge in [-0.2, -0.15) is 23.0 Å². The van der Waals surface area contributed by atoms with Crippen LogP contribution in [0.2, 0.25) is 5.02 Å². The molecule has 0 saturated carbocycles. The van der Waals surface area contributed by atoms with E-state index in [4.69, 9.17) is 17.3 Å². The Morgan fingerprint density at radius 1 is 1.08 bits per heavy atom. The highest BCUT2D eigenvalue weighted by atomic mass is 35.5. The van der Waals surface area contributed by atoms with Gasteiger partial charge in [0, 0.05) is 28.6 Å². The number of aliphatic imine (C=N–C) groups is 2. The molecule has 0 spiro atoms. The number of nitrogens with one attached hydrogen (secondary N) is 1. The van der Waals surface area contributed by atoms with Gasteiger partial charge in [-0.05, 0) is 48.5 Å². The van der Waals surface area contributed by atoms with Crippen LogP contribution < -0.4 is 11.1 Å². The third-order valence-electron chi connectivity index (χ3n) is 5.20. The number of nitrogen functional groups attached to an aromatic ring is 1. The summed E-state index contributed by atoms with van der Waals surface area (Å²) in [5.41, 5.74) is 5.96. The number of amidine groups is 1.